The number of nitrogens with zero attached hydrogens (tertiary/aromatic N) is 3. The minimum absolute atomic E-state index is 0.208. The molecular formula is C29H31N3O2. The molecule has 0 amide bonds. The summed E-state index contributed by atoms with van der Waals surface area (Å²) < 4.78 is 8.36. The summed E-state index contributed by atoms with van der Waals surface area (Å²) in [5.74, 6) is 2.58. The van der Waals surface area contributed by atoms with Gasteiger partial charge in [0.2, 0.25) is 0 Å². The van der Waals surface area contributed by atoms with Crippen LogP contribution in [0, 0.1) is 12.8 Å². The second-order valence-electron chi connectivity index (χ2n) is 9.24. The zero-order valence-electron chi connectivity index (χ0n) is 19.7. The Labute approximate surface area is 201 Å². The van der Waals surface area contributed by atoms with Crippen LogP contribution in [0.5, 0.6) is 5.75 Å². The number of benzene rings is 3. The Kier molecular flexibility index (Phi) is 6.72. The number of rotatable bonds is 8. The number of aromatic nitrogens is 2. The maximum Gasteiger partial charge on any atom is 0.176 e. The number of Topliss-reactive ketones (excluding diaryl/α,β-unsaturated/α-hetero) is 1. The molecule has 1 aliphatic rings. The average molecular weight is 454 g/mol. The molecule has 0 N–H and O–H groups in total. The zero-order chi connectivity index (χ0) is 23.3. The molecule has 0 aliphatic carbocycles. The average Bonchev–Trinajstić information content (AvgIpc) is 3.22. The molecule has 3 aromatic carbocycles. The van der Waals surface area contributed by atoms with Gasteiger partial charge in [0.15, 0.2) is 5.78 Å². The number of fused-ring (bicyclic) bond motifs is 1. The number of ether oxygens (including phenoxy) is 1. The number of aryl methyl sites for hydroxylation is 1. The van der Waals surface area contributed by atoms with Gasteiger partial charge in [-0.05, 0) is 63.0 Å². The van der Waals surface area contributed by atoms with Gasteiger partial charge in [-0.1, -0.05) is 60.2 Å². The molecule has 1 aliphatic heterocycles. The van der Waals surface area contributed by atoms with E-state index in [0.717, 1.165) is 60.6 Å². The summed E-state index contributed by atoms with van der Waals surface area (Å²) in [6, 6.07) is 26.1. The van der Waals surface area contributed by atoms with Gasteiger partial charge >= 0.3 is 0 Å². The molecule has 5 rings (SSSR count). The normalized spacial score (nSPS) is 15.0. The fourth-order valence-electron chi connectivity index (χ4n) is 4.72. The van der Waals surface area contributed by atoms with Crippen molar-refractivity contribution in [1.82, 2.24) is 14.5 Å². The van der Waals surface area contributed by atoms with Gasteiger partial charge in [-0.3, -0.25) is 9.69 Å². The first-order chi connectivity index (χ1) is 16.7. The van der Waals surface area contributed by atoms with Gasteiger partial charge in [0.1, 0.15) is 18.2 Å². The van der Waals surface area contributed by atoms with E-state index >= 15 is 0 Å². The van der Waals surface area contributed by atoms with E-state index in [1.54, 1.807) is 0 Å². The van der Waals surface area contributed by atoms with Crippen LogP contribution >= 0.6 is 0 Å². The molecule has 0 radical (unpaired) electrons. The van der Waals surface area contributed by atoms with Crippen LogP contribution in [-0.4, -0.2) is 39.9 Å². The highest BCUT2D eigenvalue weighted by Gasteiger charge is 2.23. The van der Waals surface area contributed by atoms with Crippen molar-refractivity contribution in [2.45, 2.75) is 32.9 Å². The molecule has 0 spiro atoms. The predicted molar refractivity (Wildman–Crippen MR) is 135 cm³/mol. The van der Waals surface area contributed by atoms with Gasteiger partial charge in [-0.15, -0.1) is 0 Å². The summed E-state index contributed by atoms with van der Waals surface area (Å²) in [6.07, 6.45) is 2.15. The summed E-state index contributed by atoms with van der Waals surface area (Å²) in [6.45, 7) is 5.81. The fourth-order valence-corrected chi connectivity index (χ4v) is 4.72. The van der Waals surface area contributed by atoms with Crippen LogP contribution in [0.15, 0.2) is 78.9 Å². The number of piperidine rings is 1. The number of imidazole rings is 1. The molecule has 5 heteroatoms. The quantitative estimate of drug-likeness (QED) is 0.330. The number of hydrogen-bond acceptors (Lipinski definition) is 4. The van der Waals surface area contributed by atoms with Crippen molar-refractivity contribution in [3.05, 3.63) is 95.8 Å². The minimum atomic E-state index is 0.208. The van der Waals surface area contributed by atoms with Crippen LogP contribution in [0.25, 0.3) is 11.0 Å². The van der Waals surface area contributed by atoms with Crippen molar-refractivity contribution in [2.24, 2.45) is 5.92 Å². The highest BCUT2D eigenvalue weighted by Crippen LogP contribution is 2.25. The minimum Gasteiger partial charge on any atom is -0.486 e. The Morgan fingerprint density at radius 3 is 2.41 bits per heavy atom. The second kappa shape index (κ2) is 10.2. The Bertz CT molecular complexity index is 1240. The van der Waals surface area contributed by atoms with Crippen LogP contribution in [0.2, 0.25) is 0 Å². The van der Waals surface area contributed by atoms with E-state index in [9.17, 15) is 4.79 Å². The van der Waals surface area contributed by atoms with Crippen molar-refractivity contribution in [2.75, 3.05) is 19.6 Å². The fraction of sp³-hybridized carbons (Fsp3) is 0.310. The zero-order valence-corrected chi connectivity index (χ0v) is 19.7. The van der Waals surface area contributed by atoms with Crippen LogP contribution in [0.3, 0.4) is 0 Å². The third kappa shape index (κ3) is 5.20. The first kappa shape index (κ1) is 22.4. The van der Waals surface area contributed by atoms with Crippen LogP contribution in [-0.2, 0) is 13.2 Å². The number of para-hydroxylation sites is 3. The smallest absolute Gasteiger partial charge is 0.176 e. The predicted octanol–water partition coefficient (Wildman–Crippen LogP) is 5.52. The lowest BCUT2D eigenvalue weighted by molar-refractivity contribution is 0.0890. The van der Waals surface area contributed by atoms with E-state index in [1.807, 2.05) is 67.6 Å². The summed E-state index contributed by atoms with van der Waals surface area (Å²) in [4.78, 5) is 19.8. The largest absolute Gasteiger partial charge is 0.486 e. The lowest BCUT2D eigenvalue weighted by Gasteiger charge is -2.32. The maximum absolute atomic E-state index is 12.7. The Balaban J connectivity index is 1.22. The second-order valence-corrected chi connectivity index (χ2v) is 9.24. The van der Waals surface area contributed by atoms with E-state index in [0.29, 0.717) is 19.1 Å². The van der Waals surface area contributed by atoms with Gasteiger partial charge in [-0.25, -0.2) is 4.98 Å². The lowest BCUT2D eigenvalue weighted by Crippen LogP contribution is -2.38. The molecular weight excluding hydrogens is 422 g/mol. The summed E-state index contributed by atoms with van der Waals surface area (Å²) in [5, 5.41) is 0. The van der Waals surface area contributed by atoms with Gasteiger partial charge in [-0.2, -0.15) is 0 Å². The van der Waals surface area contributed by atoms with Crippen LogP contribution in [0.1, 0.15) is 34.6 Å². The molecule has 0 saturated carbocycles. The van der Waals surface area contributed by atoms with E-state index < -0.39 is 0 Å². The molecule has 174 valence electrons. The third-order valence-electron chi connectivity index (χ3n) is 6.73. The summed E-state index contributed by atoms with van der Waals surface area (Å²) in [7, 11) is 0. The molecule has 0 unspecified atom stereocenters. The van der Waals surface area contributed by atoms with Crippen molar-refractivity contribution in [3.63, 3.8) is 0 Å². The Hall–Kier alpha value is -3.44. The first-order valence-electron chi connectivity index (χ1n) is 12.1. The molecule has 34 heavy (non-hydrogen) atoms. The van der Waals surface area contributed by atoms with Crippen molar-refractivity contribution in [3.8, 4) is 5.75 Å². The van der Waals surface area contributed by atoms with E-state index in [4.69, 9.17) is 9.72 Å². The molecule has 5 nitrogen and oxygen atoms in total. The number of likely N-dealkylation sites (tertiary alicyclic amines) is 1. The molecule has 2 heterocycles. The maximum atomic E-state index is 12.7. The number of carbonyl (C=O) groups is 1. The summed E-state index contributed by atoms with van der Waals surface area (Å²) >= 11 is 0. The van der Waals surface area contributed by atoms with Crippen LogP contribution < -0.4 is 4.74 Å². The Morgan fingerprint density at radius 2 is 1.65 bits per heavy atom. The number of carbonyl (C=O) groups excluding carboxylic acids is 1. The van der Waals surface area contributed by atoms with E-state index in [-0.39, 0.29) is 5.78 Å². The molecule has 1 fully saturated rings. The topological polar surface area (TPSA) is 47.4 Å². The van der Waals surface area contributed by atoms with E-state index in [1.165, 1.54) is 5.56 Å². The summed E-state index contributed by atoms with van der Waals surface area (Å²) in [5.41, 5.74) is 4.15. The highest BCUT2D eigenvalue weighted by molar-refractivity contribution is 5.97. The first-order valence-corrected chi connectivity index (χ1v) is 12.1. The monoisotopic (exact) mass is 453 g/mol. The SMILES string of the molecule is Cc1ccc(C(=O)CN2CCC(Cn3c(COc4ccccc4)nc4ccccc43)CC2)cc1. The molecule has 0 atom stereocenters. The van der Waals surface area contributed by atoms with Gasteiger partial charge in [0.25, 0.3) is 0 Å². The molecule has 1 saturated heterocycles. The molecule has 1 aromatic heterocycles. The number of hydrogen-bond donors (Lipinski definition) is 0. The van der Waals surface area contributed by atoms with Crippen molar-refractivity contribution >= 4 is 16.8 Å². The third-order valence-corrected chi connectivity index (χ3v) is 6.73. The lowest BCUT2D eigenvalue weighted by atomic mass is 9.96. The van der Waals surface area contributed by atoms with Gasteiger partial charge in [0, 0.05) is 12.1 Å². The molecule has 0 bridgehead atoms. The van der Waals surface area contributed by atoms with Crippen molar-refractivity contribution < 1.29 is 9.53 Å². The van der Waals surface area contributed by atoms with Crippen LogP contribution in [0.4, 0.5) is 0 Å². The molecule has 4 aromatic rings. The van der Waals surface area contributed by atoms with Gasteiger partial charge < -0.3 is 9.30 Å². The van der Waals surface area contributed by atoms with E-state index in [2.05, 4.69) is 27.7 Å². The number of ketones is 1. The highest BCUT2D eigenvalue weighted by atomic mass is 16.5. The standard InChI is InChI=1S/C29H31N3O2/c1-22-11-13-24(14-12-22)28(33)20-31-17-15-23(16-18-31)19-32-27-10-6-5-9-26(27)30-29(32)21-34-25-7-3-2-4-8-25/h2-14,23H,15-21H2,1H3. The van der Waals surface area contributed by atoms with Crippen molar-refractivity contribution in [1.29, 1.82) is 0 Å². The van der Waals surface area contributed by atoms with Gasteiger partial charge in [0.05, 0.1) is 17.6 Å². The Morgan fingerprint density at radius 1 is 0.941 bits per heavy atom.